The van der Waals surface area contributed by atoms with Crippen LogP contribution in [0.15, 0.2) is 6.33 Å². The first-order chi connectivity index (χ1) is 8.79. The summed E-state index contributed by atoms with van der Waals surface area (Å²) in [6, 6.07) is 0. The summed E-state index contributed by atoms with van der Waals surface area (Å²) in [6.45, 7) is 6.39. The molecule has 1 aromatic heterocycles. The third-order valence-corrected chi connectivity index (χ3v) is 3.46. The van der Waals surface area contributed by atoms with Crippen molar-refractivity contribution in [2.45, 2.75) is 26.4 Å². The predicted octanol–water partition coefficient (Wildman–Crippen LogP) is 2.67. The lowest BCUT2D eigenvalue weighted by Crippen LogP contribution is -2.35. The van der Waals surface area contributed by atoms with Crippen molar-refractivity contribution in [1.29, 1.82) is 0 Å². The molecule has 1 aromatic rings. The first kappa shape index (κ1) is 16.2. The van der Waals surface area contributed by atoms with Crippen molar-refractivity contribution in [3.63, 3.8) is 0 Å². The molecule has 0 bridgehead atoms. The first-order valence-electron chi connectivity index (χ1n) is 5.66. The molecule has 1 rings (SSSR count). The molecule has 8 heteroatoms. The van der Waals surface area contributed by atoms with Crippen LogP contribution in [0.25, 0.3) is 0 Å². The number of nitrogens with zero attached hydrogens (tertiary/aromatic N) is 2. The summed E-state index contributed by atoms with van der Waals surface area (Å²) < 4.78 is 5.86. The molecule has 0 radical (unpaired) electrons. The normalized spacial score (nSPS) is 11.0. The highest BCUT2D eigenvalue weighted by molar-refractivity contribution is 14.1. The minimum atomic E-state index is -0.493. The zero-order valence-electron chi connectivity index (χ0n) is 11.0. The van der Waals surface area contributed by atoms with Crippen LogP contribution in [-0.4, -0.2) is 34.8 Å². The molecule has 19 heavy (non-hydrogen) atoms. The Balaban J connectivity index is 2.32. The van der Waals surface area contributed by atoms with Crippen LogP contribution in [-0.2, 0) is 4.74 Å². The molecule has 6 nitrogen and oxygen atoms in total. The van der Waals surface area contributed by atoms with E-state index in [4.69, 9.17) is 16.3 Å². The third kappa shape index (κ3) is 6.24. The fourth-order valence-corrected chi connectivity index (χ4v) is 1.73. The van der Waals surface area contributed by atoms with Crippen molar-refractivity contribution in [3.05, 3.63) is 15.1 Å². The van der Waals surface area contributed by atoms with Crippen LogP contribution in [0, 0.1) is 3.57 Å². The van der Waals surface area contributed by atoms with Crippen molar-refractivity contribution < 1.29 is 9.53 Å². The Kier molecular flexibility index (Phi) is 6.05. The van der Waals surface area contributed by atoms with Crippen LogP contribution >= 0.6 is 34.2 Å². The zero-order chi connectivity index (χ0) is 14.5. The van der Waals surface area contributed by atoms with Crippen molar-refractivity contribution in [2.75, 3.05) is 18.4 Å². The second kappa shape index (κ2) is 7.09. The van der Waals surface area contributed by atoms with Gasteiger partial charge in [0.05, 0.1) is 3.57 Å². The number of nitrogens with one attached hydrogen (secondary N) is 2. The molecule has 0 atom stereocenters. The minimum absolute atomic E-state index is 0.401. The Morgan fingerprint density at radius 3 is 2.74 bits per heavy atom. The summed E-state index contributed by atoms with van der Waals surface area (Å²) in [5.74, 6) is 0.645. The van der Waals surface area contributed by atoms with E-state index in [9.17, 15) is 4.79 Å². The molecule has 0 aliphatic carbocycles. The van der Waals surface area contributed by atoms with Crippen molar-refractivity contribution in [3.8, 4) is 0 Å². The van der Waals surface area contributed by atoms with E-state index in [1.54, 1.807) is 0 Å². The van der Waals surface area contributed by atoms with Gasteiger partial charge in [0.15, 0.2) is 0 Å². The molecule has 0 fully saturated rings. The zero-order valence-corrected chi connectivity index (χ0v) is 13.9. The summed E-state index contributed by atoms with van der Waals surface area (Å²) in [5, 5.41) is 6.10. The van der Waals surface area contributed by atoms with Gasteiger partial charge in [0, 0.05) is 13.1 Å². The Labute approximate surface area is 130 Å². The van der Waals surface area contributed by atoms with Crippen molar-refractivity contribution in [1.82, 2.24) is 15.3 Å². The second-order valence-corrected chi connectivity index (χ2v) is 6.12. The molecular weight excluding hydrogens is 383 g/mol. The van der Waals surface area contributed by atoms with Gasteiger partial charge in [-0.25, -0.2) is 14.8 Å². The fourth-order valence-electron chi connectivity index (χ4n) is 1.13. The molecule has 0 spiro atoms. The summed E-state index contributed by atoms with van der Waals surface area (Å²) >= 11 is 7.92. The lowest BCUT2D eigenvalue weighted by Gasteiger charge is -2.19. The maximum Gasteiger partial charge on any atom is 0.407 e. The molecule has 0 saturated heterocycles. The van der Waals surface area contributed by atoms with Gasteiger partial charge in [0.25, 0.3) is 0 Å². The van der Waals surface area contributed by atoms with Gasteiger partial charge in [0.2, 0.25) is 0 Å². The number of rotatable bonds is 4. The number of halogens is 2. The number of alkyl carbamates (subject to hydrolysis) is 1. The van der Waals surface area contributed by atoms with E-state index < -0.39 is 11.7 Å². The summed E-state index contributed by atoms with van der Waals surface area (Å²) in [6.07, 6.45) is 0.943. The summed E-state index contributed by atoms with van der Waals surface area (Å²) in [4.78, 5) is 19.3. The van der Waals surface area contributed by atoms with Crippen LogP contribution in [0.3, 0.4) is 0 Å². The highest BCUT2D eigenvalue weighted by Gasteiger charge is 2.15. The molecule has 1 heterocycles. The molecule has 106 valence electrons. The highest BCUT2D eigenvalue weighted by atomic mass is 127. The Morgan fingerprint density at radius 1 is 1.42 bits per heavy atom. The van der Waals surface area contributed by atoms with E-state index in [0.29, 0.717) is 24.1 Å². The SMILES string of the molecule is CC(C)(C)OC(=O)NCCNc1ncnc(Cl)c1I. The van der Waals surface area contributed by atoms with E-state index in [1.165, 1.54) is 6.33 Å². The Morgan fingerprint density at radius 2 is 2.11 bits per heavy atom. The van der Waals surface area contributed by atoms with Gasteiger partial charge in [-0.05, 0) is 43.4 Å². The largest absolute Gasteiger partial charge is 0.444 e. The number of hydrogen-bond acceptors (Lipinski definition) is 5. The average Bonchev–Trinajstić information content (AvgIpc) is 2.27. The maximum atomic E-state index is 11.4. The number of aromatic nitrogens is 2. The summed E-state index contributed by atoms with van der Waals surface area (Å²) in [5.41, 5.74) is -0.493. The van der Waals surface area contributed by atoms with Gasteiger partial charge in [-0.3, -0.25) is 0 Å². The predicted molar refractivity (Wildman–Crippen MR) is 82.5 cm³/mol. The van der Waals surface area contributed by atoms with Crippen molar-refractivity contribution >= 4 is 46.1 Å². The Bertz CT molecular complexity index is 451. The molecule has 0 unspecified atom stereocenters. The lowest BCUT2D eigenvalue weighted by molar-refractivity contribution is 0.0530. The van der Waals surface area contributed by atoms with Crippen LogP contribution < -0.4 is 10.6 Å². The summed E-state index contributed by atoms with van der Waals surface area (Å²) in [7, 11) is 0. The standard InChI is InChI=1S/C11H16ClIN4O2/c1-11(2,3)19-10(18)15-5-4-14-9-7(13)8(12)16-6-17-9/h6H,4-5H2,1-3H3,(H,15,18)(H,14,16,17). The molecule has 2 N–H and O–H groups in total. The highest BCUT2D eigenvalue weighted by Crippen LogP contribution is 2.20. The quantitative estimate of drug-likeness (QED) is 0.463. The molecular formula is C11H16ClIN4O2. The number of hydrogen-bond donors (Lipinski definition) is 2. The first-order valence-corrected chi connectivity index (χ1v) is 7.12. The van der Waals surface area contributed by atoms with E-state index in [0.717, 1.165) is 3.57 Å². The second-order valence-electron chi connectivity index (χ2n) is 4.68. The topological polar surface area (TPSA) is 76.1 Å². The van der Waals surface area contributed by atoms with Gasteiger partial charge in [-0.2, -0.15) is 0 Å². The maximum absolute atomic E-state index is 11.4. The van der Waals surface area contributed by atoms with Crippen LogP contribution in [0.4, 0.5) is 10.6 Å². The van der Waals surface area contributed by atoms with Gasteiger partial charge < -0.3 is 15.4 Å². The van der Waals surface area contributed by atoms with E-state index >= 15 is 0 Å². The lowest BCUT2D eigenvalue weighted by atomic mass is 10.2. The molecule has 0 aliphatic rings. The number of ether oxygens (including phenoxy) is 1. The average molecular weight is 399 g/mol. The number of anilines is 1. The Hall–Kier alpha value is -0.830. The van der Waals surface area contributed by atoms with Crippen LogP contribution in [0.1, 0.15) is 20.8 Å². The molecule has 0 aliphatic heterocycles. The number of carbonyl (C=O) groups is 1. The third-order valence-electron chi connectivity index (χ3n) is 1.83. The van der Waals surface area contributed by atoms with Gasteiger partial charge in [-0.1, -0.05) is 11.6 Å². The van der Waals surface area contributed by atoms with Gasteiger partial charge in [-0.15, -0.1) is 0 Å². The number of carbonyl (C=O) groups excluding carboxylic acids is 1. The van der Waals surface area contributed by atoms with E-state index in [1.807, 2.05) is 20.8 Å². The monoisotopic (exact) mass is 398 g/mol. The minimum Gasteiger partial charge on any atom is -0.444 e. The smallest absolute Gasteiger partial charge is 0.407 e. The van der Waals surface area contributed by atoms with E-state index in [2.05, 4.69) is 43.2 Å². The van der Waals surface area contributed by atoms with Gasteiger partial charge in [0.1, 0.15) is 22.9 Å². The van der Waals surface area contributed by atoms with Crippen LogP contribution in [0.2, 0.25) is 5.15 Å². The van der Waals surface area contributed by atoms with Gasteiger partial charge >= 0.3 is 6.09 Å². The number of amides is 1. The molecule has 0 saturated carbocycles. The molecule has 0 aromatic carbocycles. The molecule has 1 amide bonds. The van der Waals surface area contributed by atoms with Crippen LogP contribution in [0.5, 0.6) is 0 Å². The van der Waals surface area contributed by atoms with Crippen molar-refractivity contribution in [2.24, 2.45) is 0 Å². The van der Waals surface area contributed by atoms with E-state index in [-0.39, 0.29) is 0 Å². The fraction of sp³-hybridized carbons (Fsp3) is 0.545.